The summed E-state index contributed by atoms with van der Waals surface area (Å²) in [5.74, 6) is -0.560. The van der Waals surface area contributed by atoms with E-state index in [0.717, 1.165) is 19.3 Å². The summed E-state index contributed by atoms with van der Waals surface area (Å²) in [5.41, 5.74) is 2.62. The van der Waals surface area contributed by atoms with Gasteiger partial charge in [-0.25, -0.2) is 13.8 Å². The van der Waals surface area contributed by atoms with Crippen molar-refractivity contribution in [1.29, 1.82) is 0 Å². The fourth-order valence-corrected chi connectivity index (χ4v) is 4.68. The second-order valence-corrected chi connectivity index (χ2v) is 9.00. The highest BCUT2D eigenvalue weighted by Gasteiger charge is 2.25. The molecule has 0 saturated carbocycles. The standard InChI is InChI=1S/C19H19ClN4O5S/c20-18-9-6-16(24(26)27)12-15(18)13-21-22-19(25)14-4-7-17(8-5-14)30(28,29)23-10-2-1-3-11-23/h4-9,12-13H,1-3,10-11H2,(H,22,25). The Bertz CT molecular complexity index is 1080. The van der Waals surface area contributed by atoms with Crippen LogP contribution in [0, 0.1) is 10.1 Å². The summed E-state index contributed by atoms with van der Waals surface area (Å²) in [7, 11) is -3.57. The van der Waals surface area contributed by atoms with Crippen LogP contribution in [0.15, 0.2) is 52.5 Å². The zero-order chi connectivity index (χ0) is 21.7. The lowest BCUT2D eigenvalue weighted by molar-refractivity contribution is -0.384. The van der Waals surface area contributed by atoms with E-state index in [1.165, 1.54) is 53.0 Å². The molecule has 1 aliphatic heterocycles. The molecular weight excluding hydrogens is 432 g/mol. The Kier molecular flexibility index (Phi) is 6.80. The number of carbonyl (C=O) groups is 1. The third-order valence-electron chi connectivity index (χ3n) is 4.63. The quantitative estimate of drug-likeness (QED) is 0.411. The van der Waals surface area contributed by atoms with Crippen LogP contribution in [0.2, 0.25) is 5.02 Å². The molecule has 2 aromatic rings. The first-order valence-electron chi connectivity index (χ1n) is 9.16. The third kappa shape index (κ3) is 5.02. The Hall–Kier alpha value is -2.82. The predicted octanol–water partition coefficient (Wildman–Crippen LogP) is 3.19. The van der Waals surface area contributed by atoms with Crippen molar-refractivity contribution in [2.24, 2.45) is 5.10 Å². The molecule has 1 amide bonds. The Morgan fingerprint density at radius 3 is 2.43 bits per heavy atom. The van der Waals surface area contributed by atoms with Crippen molar-refractivity contribution in [3.63, 3.8) is 0 Å². The van der Waals surface area contributed by atoms with Gasteiger partial charge in [0.25, 0.3) is 11.6 Å². The zero-order valence-electron chi connectivity index (χ0n) is 15.8. The first-order chi connectivity index (χ1) is 14.3. The number of carbonyl (C=O) groups excluding carboxylic acids is 1. The van der Waals surface area contributed by atoms with Crippen LogP contribution < -0.4 is 5.43 Å². The van der Waals surface area contributed by atoms with E-state index in [1.54, 1.807) is 0 Å². The summed E-state index contributed by atoms with van der Waals surface area (Å²) in [6, 6.07) is 9.45. The number of amides is 1. The van der Waals surface area contributed by atoms with E-state index >= 15 is 0 Å². The number of piperidine rings is 1. The number of nitro groups is 1. The molecule has 9 nitrogen and oxygen atoms in total. The molecule has 11 heteroatoms. The second-order valence-electron chi connectivity index (χ2n) is 6.65. The molecule has 1 saturated heterocycles. The van der Waals surface area contributed by atoms with Crippen molar-refractivity contribution in [2.75, 3.05) is 13.1 Å². The van der Waals surface area contributed by atoms with Crippen molar-refractivity contribution in [3.05, 3.63) is 68.7 Å². The van der Waals surface area contributed by atoms with Crippen LogP contribution in [0.25, 0.3) is 0 Å². The summed E-state index contributed by atoms with van der Waals surface area (Å²) in [6.07, 6.45) is 3.90. The average molecular weight is 451 g/mol. The van der Waals surface area contributed by atoms with Gasteiger partial charge in [0, 0.05) is 41.4 Å². The maximum atomic E-state index is 12.6. The lowest BCUT2D eigenvalue weighted by atomic mass is 10.2. The van der Waals surface area contributed by atoms with E-state index in [0.29, 0.717) is 13.1 Å². The Morgan fingerprint density at radius 1 is 1.13 bits per heavy atom. The van der Waals surface area contributed by atoms with Crippen LogP contribution in [0.4, 0.5) is 5.69 Å². The van der Waals surface area contributed by atoms with Gasteiger partial charge in [-0.05, 0) is 43.2 Å². The monoisotopic (exact) mass is 450 g/mol. The highest BCUT2D eigenvalue weighted by atomic mass is 35.5. The van der Waals surface area contributed by atoms with Crippen molar-refractivity contribution in [1.82, 2.24) is 9.73 Å². The molecule has 0 radical (unpaired) electrons. The van der Waals surface area contributed by atoms with E-state index in [1.807, 2.05) is 0 Å². The molecule has 3 rings (SSSR count). The van der Waals surface area contributed by atoms with E-state index in [2.05, 4.69) is 10.5 Å². The van der Waals surface area contributed by atoms with Gasteiger partial charge < -0.3 is 0 Å². The summed E-state index contributed by atoms with van der Waals surface area (Å²) in [4.78, 5) is 22.6. The highest BCUT2D eigenvalue weighted by Crippen LogP contribution is 2.22. The largest absolute Gasteiger partial charge is 0.271 e. The molecule has 1 heterocycles. The van der Waals surface area contributed by atoms with E-state index in [4.69, 9.17) is 11.6 Å². The fraction of sp³-hybridized carbons (Fsp3) is 0.263. The summed E-state index contributed by atoms with van der Waals surface area (Å²) >= 11 is 5.97. The molecule has 1 fully saturated rings. The minimum Gasteiger partial charge on any atom is -0.267 e. The maximum absolute atomic E-state index is 12.6. The van der Waals surface area contributed by atoms with Gasteiger partial charge in [-0.15, -0.1) is 0 Å². The molecule has 30 heavy (non-hydrogen) atoms. The molecular formula is C19H19ClN4O5S. The number of hydrogen-bond acceptors (Lipinski definition) is 6. The van der Waals surface area contributed by atoms with Crippen molar-refractivity contribution in [2.45, 2.75) is 24.2 Å². The lowest BCUT2D eigenvalue weighted by Gasteiger charge is -2.25. The molecule has 1 aliphatic rings. The average Bonchev–Trinajstić information content (AvgIpc) is 2.75. The number of sulfonamides is 1. The van der Waals surface area contributed by atoms with Gasteiger partial charge in [-0.3, -0.25) is 14.9 Å². The van der Waals surface area contributed by atoms with E-state index in [-0.39, 0.29) is 26.7 Å². The van der Waals surface area contributed by atoms with Crippen LogP contribution in [-0.4, -0.2) is 42.9 Å². The Labute approximate surface area is 178 Å². The zero-order valence-corrected chi connectivity index (χ0v) is 17.4. The maximum Gasteiger partial charge on any atom is 0.271 e. The Morgan fingerprint density at radius 2 is 1.80 bits per heavy atom. The number of nitrogens with one attached hydrogen (secondary N) is 1. The van der Waals surface area contributed by atoms with E-state index in [9.17, 15) is 23.3 Å². The van der Waals surface area contributed by atoms with Crippen LogP contribution in [0.3, 0.4) is 0 Å². The molecule has 158 valence electrons. The minimum atomic E-state index is -3.57. The van der Waals surface area contributed by atoms with Crippen molar-refractivity contribution >= 4 is 39.4 Å². The summed E-state index contributed by atoms with van der Waals surface area (Å²) in [6.45, 7) is 0.999. The van der Waals surface area contributed by atoms with Gasteiger partial charge in [0.2, 0.25) is 10.0 Å². The molecule has 0 unspecified atom stereocenters. The van der Waals surface area contributed by atoms with Gasteiger partial charge in [-0.1, -0.05) is 18.0 Å². The van der Waals surface area contributed by atoms with Gasteiger partial charge >= 0.3 is 0 Å². The minimum absolute atomic E-state index is 0.132. The van der Waals surface area contributed by atoms with Gasteiger partial charge in [0.1, 0.15) is 0 Å². The molecule has 0 aliphatic carbocycles. The van der Waals surface area contributed by atoms with Crippen LogP contribution >= 0.6 is 11.6 Å². The topological polar surface area (TPSA) is 122 Å². The third-order valence-corrected chi connectivity index (χ3v) is 6.89. The highest BCUT2D eigenvalue weighted by molar-refractivity contribution is 7.89. The first kappa shape index (κ1) is 21.9. The first-order valence-corrected chi connectivity index (χ1v) is 11.0. The van der Waals surface area contributed by atoms with Crippen LogP contribution in [0.5, 0.6) is 0 Å². The number of halogens is 1. The second kappa shape index (κ2) is 9.33. The molecule has 2 aromatic carbocycles. The van der Waals surface area contributed by atoms with Crippen LogP contribution in [0.1, 0.15) is 35.2 Å². The van der Waals surface area contributed by atoms with Crippen LogP contribution in [-0.2, 0) is 10.0 Å². The molecule has 0 atom stereocenters. The number of rotatable bonds is 6. The van der Waals surface area contributed by atoms with Gasteiger partial charge in [-0.2, -0.15) is 9.41 Å². The van der Waals surface area contributed by atoms with Crippen molar-refractivity contribution < 1.29 is 18.1 Å². The number of nitrogens with zero attached hydrogens (tertiary/aromatic N) is 3. The normalized spacial score (nSPS) is 15.2. The number of nitro benzene ring substituents is 1. The van der Waals surface area contributed by atoms with Crippen molar-refractivity contribution in [3.8, 4) is 0 Å². The fourth-order valence-electron chi connectivity index (χ4n) is 3.00. The lowest BCUT2D eigenvalue weighted by Crippen LogP contribution is -2.35. The number of hydrazone groups is 1. The van der Waals surface area contributed by atoms with E-state index < -0.39 is 20.9 Å². The summed E-state index contributed by atoms with van der Waals surface area (Å²) in [5, 5.41) is 14.8. The molecule has 0 spiro atoms. The molecule has 0 aromatic heterocycles. The number of non-ortho nitro benzene ring substituents is 1. The number of benzene rings is 2. The van der Waals surface area contributed by atoms with Gasteiger partial charge in [0.15, 0.2) is 0 Å². The Balaban J connectivity index is 1.67. The van der Waals surface area contributed by atoms with Gasteiger partial charge in [0.05, 0.1) is 16.0 Å². The molecule has 1 N–H and O–H groups in total. The molecule has 0 bridgehead atoms. The summed E-state index contributed by atoms with van der Waals surface area (Å²) < 4.78 is 26.7. The predicted molar refractivity (Wildman–Crippen MR) is 112 cm³/mol. The SMILES string of the molecule is O=C(NN=Cc1cc([N+](=O)[O-])ccc1Cl)c1ccc(S(=O)(=O)N2CCCCC2)cc1. The number of hydrogen-bond donors (Lipinski definition) is 1. The smallest absolute Gasteiger partial charge is 0.267 e.